The Morgan fingerprint density at radius 1 is 1.29 bits per heavy atom. The molecule has 3 nitrogen and oxygen atoms in total. The predicted molar refractivity (Wildman–Crippen MR) is 96.9 cm³/mol. The van der Waals surface area contributed by atoms with E-state index in [-0.39, 0.29) is 12.0 Å². The van der Waals surface area contributed by atoms with Crippen molar-refractivity contribution in [1.82, 2.24) is 4.90 Å². The van der Waals surface area contributed by atoms with Crippen molar-refractivity contribution in [2.24, 2.45) is 5.41 Å². The van der Waals surface area contributed by atoms with Crippen LogP contribution in [0.5, 0.6) is 0 Å². The number of ether oxygens (including phenoxy) is 1. The van der Waals surface area contributed by atoms with Gasteiger partial charge in [-0.05, 0) is 37.7 Å². The minimum atomic E-state index is -0.407. The van der Waals surface area contributed by atoms with Gasteiger partial charge in [-0.3, -0.25) is 4.79 Å². The van der Waals surface area contributed by atoms with Crippen LogP contribution in [-0.4, -0.2) is 37.1 Å². The highest BCUT2D eigenvalue weighted by Crippen LogP contribution is 2.48. The molecule has 0 spiro atoms. The van der Waals surface area contributed by atoms with Crippen molar-refractivity contribution >= 4 is 5.91 Å². The Hall–Kier alpha value is -1.61. The number of nitrogens with zero attached hydrogens (tertiary/aromatic N) is 1. The summed E-state index contributed by atoms with van der Waals surface area (Å²) in [6, 6.07) is 10.8. The first kappa shape index (κ1) is 17.2. The van der Waals surface area contributed by atoms with E-state index in [0.717, 1.165) is 38.6 Å². The molecule has 1 aliphatic heterocycles. The molecule has 3 atom stereocenters. The van der Waals surface area contributed by atoms with Crippen molar-refractivity contribution < 1.29 is 9.53 Å². The number of rotatable bonds is 5. The molecule has 3 rings (SSSR count). The van der Waals surface area contributed by atoms with E-state index in [4.69, 9.17) is 4.74 Å². The maximum Gasteiger partial charge on any atom is 0.233 e. The van der Waals surface area contributed by atoms with Gasteiger partial charge in [0.1, 0.15) is 0 Å². The maximum absolute atomic E-state index is 13.6. The summed E-state index contributed by atoms with van der Waals surface area (Å²) in [5, 5.41) is 0. The molecule has 1 fully saturated rings. The summed E-state index contributed by atoms with van der Waals surface area (Å²) in [5.74, 6) is 0.569. The molecule has 1 aromatic rings. The fourth-order valence-corrected chi connectivity index (χ4v) is 4.55. The minimum absolute atomic E-state index is 0.234. The zero-order valence-corrected chi connectivity index (χ0v) is 14.9. The molecule has 3 heteroatoms. The normalized spacial score (nSPS) is 29.8. The van der Waals surface area contributed by atoms with E-state index in [0.29, 0.717) is 12.5 Å². The number of amides is 1. The Kier molecular flexibility index (Phi) is 5.40. The van der Waals surface area contributed by atoms with E-state index in [1.807, 2.05) is 6.07 Å². The number of methoxy groups -OCH3 is 1. The molecule has 1 saturated heterocycles. The molecular weight excluding hydrogens is 298 g/mol. The van der Waals surface area contributed by atoms with Crippen LogP contribution in [0.1, 0.15) is 50.5 Å². The number of likely N-dealkylation sites (tertiary alicyclic amines) is 1. The molecule has 24 heavy (non-hydrogen) atoms. The Morgan fingerprint density at radius 2 is 2.08 bits per heavy atom. The van der Waals surface area contributed by atoms with Crippen LogP contribution >= 0.6 is 0 Å². The van der Waals surface area contributed by atoms with Gasteiger partial charge in [0.2, 0.25) is 5.91 Å². The summed E-state index contributed by atoms with van der Waals surface area (Å²) in [7, 11) is 1.73. The lowest BCUT2D eigenvalue weighted by Crippen LogP contribution is -2.49. The number of carbonyl (C=O) groups is 1. The molecule has 1 heterocycles. The first-order chi connectivity index (χ1) is 11.7. The van der Waals surface area contributed by atoms with Crippen molar-refractivity contribution in [1.29, 1.82) is 0 Å². The topological polar surface area (TPSA) is 29.5 Å². The number of hydrogen-bond donors (Lipinski definition) is 0. The van der Waals surface area contributed by atoms with Crippen LogP contribution in [0.4, 0.5) is 0 Å². The van der Waals surface area contributed by atoms with E-state index in [2.05, 4.69) is 48.2 Å². The Labute approximate surface area is 145 Å². The first-order valence-electron chi connectivity index (χ1n) is 9.25. The molecule has 1 aliphatic carbocycles. The molecule has 1 amide bonds. The molecule has 0 aromatic heterocycles. The third-order valence-corrected chi connectivity index (χ3v) is 5.84. The van der Waals surface area contributed by atoms with Gasteiger partial charge in [0.05, 0.1) is 18.1 Å². The van der Waals surface area contributed by atoms with Gasteiger partial charge < -0.3 is 9.64 Å². The van der Waals surface area contributed by atoms with E-state index >= 15 is 0 Å². The quantitative estimate of drug-likeness (QED) is 0.760. The fraction of sp³-hybridized carbons (Fsp3) is 0.571. The molecule has 1 aromatic carbocycles. The van der Waals surface area contributed by atoms with Gasteiger partial charge in [-0.2, -0.15) is 0 Å². The second-order valence-corrected chi connectivity index (χ2v) is 7.09. The smallest absolute Gasteiger partial charge is 0.233 e. The average molecular weight is 327 g/mol. The third-order valence-electron chi connectivity index (χ3n) is 5.84. The predicted octanol–water partition coefficient (Wildman–Crippen LogP) is 4.15. The number of allylic oxidation sites excluding steroid dienone is 1. The van der Waals surface area contributed by atoms with Gasteiger partial charge in [-0.1, -0.05) is 49.4 Å². The zero-order chi connectivity index (χ0) is 17.0. The highest BCUT2D eigenvalue weighted by atomic mass is 16.5. The van der Waals surface area contributed by atoms with Crippen LogP contribution in [0, 0.1) is 5.41 Å². The van der Waals surface area contributed by atoms with Gasteiger partial charge in [0.25, 0.3) is 0 Å². The highest BCUT2D eigenvalue weighted by molar-refractivity contribution is 5.86. The summed E-state index contributed by atoms with van der Waals surface area (Å²) in [6.07, 6.45) is 9.50. The van der Waals surface area contributed by atoms with Crippen LogP contribution in [0.3, 0.4) is 0 Å². The molecule has 0 unspecified atom stereocenters. The Morgan fingerprint density at radius 3 is 2.79 bits per heavy atom. The first-order valence-corrected chi connectivity index (χ1v) is 9.25. The summed E-state index contributed by atoms with van der Waals surface area (Å²) < 4.78 is 5.36. The maximum atomic E-state index is 13.6. The molecule has 0 bridgehead atoms. The van der Waals surface area contributed by atoms with Crippen molar-refractivity contribution in [3.63, 3.8) is 0 Å². The molecule has 130 valence electrons. The molecule has 2 aliphatic rings. The van der Waals surface area contributed by atoms with Crippen molar-refractivity contribution in [2.75, 3.05) is 20.3 Å². The second kappa shape index (κ2) is 7.52. The molecule has 0 saturated carbocycles. The van der Waals surface area contributed by atoms with Crippen molar-refractivity contribution in [2.45, 2.75) is 51.0 Å². The number of hydrogen-bond acceptors (Lipinski definition) is 2. The molecule has 0 N–H and O–H groups in total. The van der Waals surface area contributed by atoms with Gasteiger partial charge in [0, 0.05) is 19.6 Å². The average Bonchev–Trinajstić information content (AvgIpc) is 3.10. The van der Waals surface area contributed by atoms with E-state index < -0.39 is 5.41 Å². The van der Waals surface area contributed by atoms with Gasteiger partial charge in [0.15, 0.2) is 0 Å². The van der Waals surface area contributed by atoms with Crippen molar-refractivity contribution in [3.05, 3.63) is 48.0 Å². The van der Waals surface area contributed by atoms with E-state index in [1.54, 1.807) is 7.11 Å². The van der Waals surface area contributed by atoms with Gasteiger partial charge in [-0.25, -0.2) is 0 Å². The lowest BCUT2D eigenvalue weighted by Gasteiger charge is -2.43. The second-order valence-electron chi connectivity index (χ2n) is 7.09. The highest BCUT2D eigenvalue weighted by Gasteiger charge is 2.47. The lowest BCUT2D eigenvalue weighted by molar-refractivity contribution is -0.143. The van der Waals surface area contributed by atoms with E-state index in [9.17, 15) is 4.79 Å². The standard InChI is InChI=1S/C21H29NO2/c1-3-21(20(23)22-15-9-12-18(22)16-24-2)14-8-7-13-19(21)17-10-5-4-6-11-17/h4-6,8,10-11,14,18-19H,3,7,9,12-13,15-16H2,1-2H3/t18-,19+,21-/m0/s1. The van der Waals surface area contributed by atoms with Crippen LogP contribution in [0.25, 0.3) is 0 Å². The summed E-state index contributed by atoms with van der Waals surface area (Å²) in [6.45, 7) is 3.67. The summed E-state index contributed by atoms with van der Waals surface area (Å²) >= 11 is 0. The lowest BCUT2D eigenvalue weighted by atomic mass is 9.64. The Bertz CT molecular complexity index is 583. The fourth-order valence-electron chi connectivity index (χ4n) is 4.55. The molecular formula is C21H29NO2. The van der Waals surface area contributed by atoms with Crippen LogP contribution < -0.4 is 0 Å². The summed E-state index contributed by atoms with van der Waals surface area (Å²) in [4.78, 5) is 15.7. The zero-order valence-electron chi connectivity index (χ0n) is 14.9. The van der Waals surface area contributed by atoms with Gasteiger partial charge >= 0.3 is 0 Å². The third kappa shape index (κ3) is 3.02. The largest absolute Gasteiger partial charge is 0.383 e. The van der Waals surface area contributed by atoms with Crippen LogP contribution in [-0.2, 0) is 9.53 Å². The number of benzene rings is 1. The van der Waals surface area contributed by atoms with Crippen LogP contribution in [0.2, 0.25) is 0 Å². The minimum Gasteiger partial charge on any atom is -0.383 e. The molecule has 0 radical (unpaired) electrons. The Balaban J connectivity index is 1.94. The van der Waals surface area contributed by atoms with E-state index in [1.165, 1.54) is 5.56 Å². The van der Waals surface area contributed by atoms with Crippen molar-refractivity contribution in [3.8, 4) is 0 Å². The summed E-state index contributed by atoms with van der Waals surface area (Å²) in [5.41, 5.74) is 0.884. The number of carbonyl (C=O) groups excluding carboxylic acids is 1. The van der Waals surface area contributed by atoms with Crippen LogP contribution in [0.15, 0.2) is 42.5 Å². The SMILES string of the molecule is CC[C@]1(C(=O)N2CCC[C@H]2COC)C=CCC[C@@H]1c1ccccc1. The van der Waals surface area contributed by atoms with Gasteiger partial charge in [-0.15, -0.1) is 0 Å². The monoisotopic (exact) mass is 327 g/mol.